The number of ether oxygens (including phenoxy) is 2. The maximum absolute atomic E-state index is 10.9. The third kappa shape index (κ3) is 17.5. The third-order valence-corrected chi connectivity index (χ3v) is 28.7. The Balaban J connectivity index is 0.000000119. The molecule has 0 aliphatic carbocycles. The van der Waals surface area contributed by atoms with Crippen molar-refractivity contribution in [1.82, 2.24) is 57.7 Å². The van der Waals surface area contributed by atoms with Gasteiger partial charge in [0.2, 0.25) is 0 Å². The largest absolute Gasteiger partial charge is 0.507 e. The molecule has 0 aliphatic heterocycles. The molecule has 0 fully saturated rings. The molecule has 0 bridgehead atoms. The molecule has 15 nitrogen and oxygen atoms in total. The number of phenolic OH excluding ortho intramolecular Hbond substituents is 1. The van der Waals surface area contributed by atoms with Crippen molar-refractivity contribution in [2.24, 2.45) is 0 Å². The Morgan fingerprint density at radius 2 is 0.514 bits per heavy atom. The van der Waals surface area contributed by atoms with Gasteiger partial charge in [-0.3, -0.25) is 22.8 Å². The van der Waals surface area contributed by atoms with Crippen molar-refractivity contribution in [1.29, 1.82) is 0 Å². The molecule has 0 saturated heterocycles. The van der Waals surface area contributed by atoms with Gasteiger partial charge >= 0.3 is 0 Å². The number of nitrogens with zero attached hydrogens (tertiary/aromatic N) is 11. The van der Waals surface area contributed by atoms with E-state index in [2.05, 4.69) is 441 Å². The average Bonchev–Trinajstić information content (AvgIpc) is 1.56. The molecular formula is C128H119IN12O3. The van der Waals surface area contributed by atoms with Gasteiger partial charge in [-0.1, -0.05) is 270 Å². The summed E-state index contributed by atoms with van der Waals surface area (Å²) in [5.41, 5.74) is 26.2. The van der Waals surface area contributed by atoms with Gasteiger partial charge in [-0.15, -0.1) is 0 Å². The van der Waals surface area contributed by atoms with Crippen LogP contribution < -0.4 is 9.47 Å². The van der Waals surface area contributed by atoms with Crippen LogP contribution in [-0.4, -0.2) is 77.0 Å². The second-order valence-electron chi connectivity index (χ2n) is 44.0. The van der Waals surface area contributed by atoms with Crippen molar-refractivity contribution in [3.63, 3.8) is 0 Å². The SMILES string of the molecule is CC(C)(C)c1ccnc(-n2c3ccccc3c3cc4c(cc32)[nH]c2ccccc24)c1.CC(C)(C)c1ccnc(-n2c3ccccc3c3cc4c5ccccc5n(-c5cc(C(C)(C)C)cc(-c6ccccc6O)n5)c4cc32)c1.COc1ccccc1-c1cc(C(C)(C)C)cc(-n2c3ccccc3c3cc4c5ccccc5n(-c5cc(C(C)(C)C)ccn5)c4cc32)n1.COc1ccccc1-c1cc(C(C)(C)C)cc(I)n1. The van der Waals surface area contributed by atoms with E-state index in [0.717, 1.165) is 128 Å². The monoisotopic (exact) mass is 2000 g/mol. The number of nitrogens with one attached hydrogen (secondary N) is 1. The van der Waals surface area contributed by atoms with Crippen molar-refractivity contribution < 1.29 is 14.6 Å². The van der Waals surface area contributed by atoms with E-state index in [1.54, 1.807) is 20.3 Å². The predicted octanol–water partition coefficient (Wildman–Crippen LogP) is 33.3. The van der Waals surface area contributed by atoms with Gasteiger partial charge in [-0.2, -0.15) is 0 Å². The lowest BCUT2D eigenvalue weighted by Crippen LogP contribution is -2.13. The van der Waals surface area contributed by atoms with Crippen molar-refractivity contribution >= 4 is 153 Å². The fourth-order valence-electron chi connectivity index (χ4n) is 20.3. The summed E-state index contributed by atoms with van der Waals surface area (Å²) in [6, 6.07) is 115. The molecule has 0 unspecified atom stereocenters. The number of rotatable bonds is 10. The number of pyridine rings is 6. The Bertz CT molecular complexity index is 9170. The van der Waals surface area contributed by atoms with E-state index in [-0.39, 0.29) is 38.2 Å². The number of fused-ring (bicyclic) bond motifs is 18. The van der Waals surface area contributed by atoms with E-state index in [1.165, 1.54) is 109 Å². The molecule has 24 aromatic rings. The number of para-hydroxylation sites is 9. The van der Waals surface area contributed by atoms with Crippen LogP contribution in [0.4, 0.5) is 0 Å². The van der Waals surface area contributed by atoms with Crippen LogP contribution in [0, 0.1) is 3.70 Å². The third-order valence-electron chi connectivity index (χ3n) is 28.2. The zero-order valence-corrected chi connectivity index (χ0v) is 87.6. The molecule has 12 aromatic heterocycles. The molecule has 12 aromatic carbocycles. The van der Waals surface area contributed by atoms with Crippen LogP contribution in [0.2, 0.25) is 0 Å². The molecule has 0 aliphatic rings. The maximum Gasteiger partial charge on any atom is 0.138 e. The van der Waals surface area contributed by atoms with Gasteiger partial charge < -0.3 is 19.6 Å². The van der Waals surface area contributed by atoms with E-state index < -0.39 is 0 Å². The number of hydrogen-bond donors (Lipinski definition) is 2. The van der Waals surface area contributed by atoms with Crippen LogP contribution in [0.25, 0.3) is 194 Å². The van der Waals surface area contributed by atoms with Gasteiger partial charge in [0.1, 0.15) is 50.0 Å². The van der Waals surface area contributed by atoms with E-state index in [1.807, 2.05) is 79.3 Å². The average molecular weight is 2000 g/mol. The van der Waals surface area contributed by atoms with Gasteiger partial charge in [0.15, 0.2) is 0 Å². The first kappa shape index (κ1) is 94.7. The number of hydrogen-bond acceptors (Lipinski definition) is 9. The zero-order valence-electron chi connectivity index (χ0n) is 85.5. The van der Waals surface area contributed by atoms with Crippen LogP contribution in [0.1, 0.15) is 158 Å². The highest BCUT2D eigenvalue weighted by molar-refractivity contribution is 14.1. The smallest absolute Gasteiger partial charge is 0.138 e. The summed E-state index contributed by atoms with van der Waals surface area (Å²) in [6.07, 6.45) is 5.79. The molecule has 12 heterocycles. The molecule has 0 spiro atoms. The van der Waals surface area contributed by atoms with Gasteiger partial charge in [0.05, 0.1) is 86.5 Å². The van der Waals surface area contributed by atoms with Crippen molar-refractivity contribution in [2.75, 3.05) is 14.2 Å². The van der Waals surface area contributed by atoms with Crippen LogP contribution in [0.5, 0.6) is 17.2 Å². The molecule has 0 atom stereocenters. The summed E-state index contributed by atoms with van der Waals surface area (Å²) in [4.78, 5) is 33.5. The highest BCUT2D eigenvalue weighted by Crippen LogP contribution is 2.47. The molecule has 24 rings (SSSR count). The number of aromatic nitrogens is 12. The fourth-order valence-corrected chi connectivity index (χ4v) is 20.9. The number of methoxy groups -OCH3 is 2. The van der Waals surface area contributed by atoms with Crippen LogP contribution >= 0.6 is 22.6 Å². The molecule has 16 heteroatoms. The van der Waals surface area contributed by atoms with E-state index in [9.17, 15) is 5.11 Å². The van der Waals surface area contributed by atoms with Gasteiger partial charge in [-0.05, 0) is 270 Å². The number of halogens is 1. The molecule has 0 saturated carbocycles. The minimum absolute atomic E-state index is 0.000969. The lowest BCUT2D eigenvalue weighted by Gasteiger charge is -2.22. The number of H-pyrrole nitrogens is 1. The zero-order chi connectivity index (χ0) is 101. The van der Waals surface area contributed by atoms with Gasteiger partial charge in [0.25, 0.3) is 0 Å². The van der Waals surface area contributed by atoms with Gasteiger partial charge in [-0.25, -0.2) is 29.9 Å². The normalized spacial score (nSPS) is 12.4. The van der Waals surface area contributed by atoms with Crippen molar-refractivity contribution in [2.45, 2.75) is 157 Å². The second-order valence-corrected chi connectivity index (χ2v) is 45.1. The predicted molar refractivity (Wildman–Crippen MR) is 610 cm³/mol. The number of benzene rings is 12. The summed E-state index contributed by atoms with van der Waals surface area (Å²) in [5.74, 6) is 6.36. The number of phenols is 1. The van der Waals surface area contributed by atoms with E-state index >= 15 is 0 Å². The first-order valence-electron chi connectivity index (χ1n) is 49.5. The highest BCUT2D eigenvalue weighted by Gasteiger charge is 2.30. The maximum atomic E-state index is 10.9. The summed E-state index contributed by atoms with van der Waals surface area (Å²) in [5, 5.41) is 25.4. The second kappa shape index (κ2) is 36.5. The first-order chi connectivity index (χ1) is 68.9. The molecule has 2 N–H and O–H groups in total. The van der Waals surface area contributed by atoms with Crippen LogP contribution in [-0.2, 0) is 32.5 Å². The first-order valence-corrected chi connectivity index (χ1v) is 50.6. The fraction of sp³-hybridized carbons (Fsp3) is 0.203. The summed E-state index contributed by atoms with van der Waals surface area (Å²) in [6.45, 7) is 40.2. The van der Waals surface area contributed by atoms with Crippen molar-refractivity contribution in [3.8, 4) is 80.1 Å². The van der Waals surface area contributed by atoms with Crippen LogP contribution in [0.3, 0.4) is 0 Å². The topological polar surface area (TPSA) is 156 Å². The minimum atomic E-state index is -0.140. The summed E-state index contributed by atoms with van der Waals surface area (Å²) < 4.78 is 23.8. The number of aromatic hydroxyl groups is 1. The molecule has 0 amide bonds. The summed E-state index contributed by atoms with van der Waals surface area (Å²) in [7, 11) is 3.41. The van der Waals surface area contributed by atoms with E-state index in [4.69, 9.17) is 34.4 Å². The van der Waals surface area contributed by atoms with Crippen molar-refractivity contribution in [3.05, 3.63) is 383 Å². The van der Waals surface area contributed by atoms with E-state index in [0.29, 0.717) is 5.56 Å². The Morgan fingerprint density at radius 3 is 0.868 bits per heavy atom. The highest BCUT2D eigenvalue weighted by atomic mass is 127. The Morgan fingerprint density at radius 1 is 0.236 bits per heavy atom. The minimum Gasteiger partial charge on any atom is -0.507 e. The quantitative estimate of drug-likeness (QED) is 0.100. The lowest BCUT2D eigenvalue weighted by molar-refractivity contribution is 0.416. The lowest BCUT2D eigenvalue weighted by atomic mass is 9.86. The molecule has 716 valence electrons. The molecular weight excluding hydrogens is 1880 g/mol. The van der Waals surface area contributed by atoms with Gasteiger partial charge in [0, 0.05) is 111 Å². The van der Waals surface area contributed by atoms with Crippen LogP contribution in [0.15, 0.2) is 346 Å². The molecule has 0 radical (unpaired) electrons. The standard InChI is InChI=1S/C43H40N4O.C42H38N4O.C27H23N3.C16H18INO/c1-42(2,3)27-20-21-44-40(23-27)46-35-17-11-8-14-29(35)32-25-33-30-15-9-12-18-36(30)47(38(33)26-37(32)46)41-24-28(43(4,5)6)22-34(45-41)31-16-10-13-19-39(31)48-7;1-41(2,3)26-19-20-43-39(22-26)45-34-16-10-7-13-28(34)31-24-32-29-14-8-11-17-35(29)46(37(32)25-36(31)45)40-23-27(42(4,5)6)21-33(44-40)30-15-9-12-18-38(30)47;1-27(2,3)17-12-13-28-26(14-17)30-24-11-7-5-9-19(24)21-15-20-18-8-4-6-10-22(18)29-23(20)16-25(21)30;1-16(2,3)11-9-13(18-15(17)10-11)12-7-5-6-8-14(12)19-4/h8-26H,1-7H3;7-25,47H,1-6H3;4-16,29H,1-3H3;5-10H,1-4H3. The number of aromatic amines is 1. The Kier molecular flexibility index (Phi) is 24.0. The Hall–Kier alpha value is -15.5. The Labute approximate surface area is 854 Å². The summed E-state index contributed by atoms with van der Waals surface area (Å²) >= 11 is 2.27. The molecule has 144 heavy (non-hydrogen) atoms.